The normalized spacial score (nSPS) is 20.7. The molecule has 1 aromatic carbocycles. The Kier molecular flexibility index (Phi) is 3.26. The van der Waals surface area contributed by atoms with Gasteiger partial charge in [-0.15, -0.1) is 0 Å². The van der Waals surface area contributed by atoms with Crippen molar-refractivity contribution in [3.05, 3.63) is 30.5 Å². The average Bonchev–Trinajstić information content (AvgIpc) is 2.87. The molecule has 22 heavy (non-hydrogen) atoms. The Morgan fingerprint density at radius 3 is 2.18 bits per heavy atom. The molecule has 0 aliphatic carbocycles. The third-order valence-corrected chi connectivity index (χ3v) is 5.59. The molecule has 5 nitrogen and oxygen atoms in total. The Hall–Kier alpha value is -1.31. The van der Waals surface area contributed by atoms with E-state index in [1.165, 1.54) is 10.2 Å². The second-order valence-electron chi connectivity index (χ2n) is 6.78. The highest BCUT2D eigenvalue weighted by Gasteiger charge is 2.51. The smallest absolute Gasteiger partial charge is 0.399 e. The van der Waals surface area contributed by atoms with Gasteiger partial charge in [-0.25, -0.2) is 12.4 Å². The van der Waals surface area contributed by atoms with Gasteiger partial charge in [0, 0.05) is 11.6 Å². The Morgan fingerprint density at radius 2 is 1.64 bits per heavy atom. The molecule has 3 rings (SSSR count). The lowest BCUT2D eigenvalue weighted by molar-refractivity contribution is 0.00578. The lowest BCUT2D eigenvalue weighted by Crippen LogP contribution is -2.41. The van der Waals surface area contributed by atoms with Crippen LogP contribution in [0.2, 0.25) is 0 Å². The zero-order chi connectivity index (χ0) is 16.3. The van der Waals surface area contributed by atoms with Crippen molar-refractivity contribution in [3.63, 3.8) is 0 Å². The second-order valence-corrected chi connectivity index (χ2v) is 8.64. The first kappa shape index (κ1) is 15.6. The van der Waals surface area contributed by atoms with E-state index < -0.39 is 28.3 Å². The summed E-state index contributed by atoms with van der Waals surface area (Å²) in [6, 6.07) is 7.34. The fourth-order valence-corrected chi connectivity index (χ4v) is 3.36. The third-order valence-electron chi connectivity index (χ3n) is 4.56. The standard InChI is InChI=1S/C15H20BNO4S/c1-14(2)15(3,4)21-16(20-14)12-6-7-13-11(10-12)8-9-17(13)22(5,18)19/h6-10H,1-5H3. The Labute approximate surface area is 131 Å². The van der Waals surface area contributed by atoms with Gasteiger partial charge in [0.1, 0.15) is 0 Å². The molecule has 1 aliphatic rings. The second kappa shape index (κ2) is 4.60. The van der Waals surface area contributed by atoms with Crippen LogP contribution in [0.5, 0.6) is 0 Å². The van der Waals surface area contributed by atoms with Gasteiger partial charge in [0.15, 0.2) is 0 Å². The van der Waals surface area contributed by atoms with E-state index in [2.05, 4.69) is 0 Å². The molecule has 0 N–H and O–H groups in total. The Morgan fingerprint density at radius 1 is 1.05 bits per heavy atom. The highest BCUT2D eigenvalue weighted by atomic mass is 32.2. The van der Waals surface area contributed by atoms with Crippen LogP contribution in [0.15, 0.2) is 30.5 Å². The summed E-state index contributed by atoms with van der Waals surface area (Å²) in [5, 5.41) is 0.845. The topological polar surface area (TPSA) is 57.5 Å². The molecule has 1 saturated heterocycles. The van der Waals surface area contributed by atoms with Crippen molar-refractivity contribution in [1.82, 2.24) is 3.97 Å². The van der Waals surface area contributed by atoms with Crippen LogP contribution in [-0.4, -0.2) is 37.0 Å². The van der Waals surface area contributed by atoms with Crippen LogP contribution in [0.25, 0.3) is 10.9 Å². The summed E-state index contributed by atoms with van der Waals surface area (Å²) in [5.41, 5.74) is 0.747. The first-order chi connectivity index (χ1) is 10.0. The van der Waals surface area contributed by atoms with Crippen LogP contribution in [0.3, 0.4) is 0 Å². The summed E-state index contributed by atoms with van der Waals surface area (Å²) < 4.78 is 36.8. The minimum absolute atomic E-state index is 0.398. The van der Waals surface area contributed by atoms with Gasteiger partial charge in [0.25, 0.3) is 0 Å². The van der Waals surface area contributed by atoms with E-state index in [0.717, 1.165) is 10.8 Å². The zero-order valence-corrected chi connectivity index (χ0v) is 14.3. The van der Waals surface area contributed by atoms with Crippen LogP contribution < -0.4 is 5.46 Å². The third kappa shape index (κ3) is 2.37. The van der Waals surface area contributed by atoms with Gasteiger partial charge in [0.2, 0.25) is 10.0 Å². The largest absolute Gasteiger partial charge is 0.494 e. The van der Waals surface area contributed by atoms with Crippen molar-refractivity contribution in [2.45, 2.75) is 38.9 Å². The minimum atomic E-state index is -3.30. The van der Waals surface area contributed by atoms with Crippen LogP contribution in [0.1, 0.15) is 27.7 Å². The number of rotatable bonds is 2. The van der Waals surface area contributed by atoms with E-state index in [4.69, 9.17) is 9.31 Å². The molecule has 7 heteroatoms. The summed E-state index contributed by atoms with van der Waals surface area (Å²) >= 11 is 0. The maximum atomic E-state index is 11.7. The van der Waals surface area contributed by atoms with E-state index in [1.807, 2.05) is 39.8 Å². The molecule has 118 valence electrons. The first-order valence-corrected chi connectivity index (χ1v) is 9.03. The summed E-state index contributed by atoms with van der Waals surface area (Å²) in [6.45, 7) is 8.02. The van der Waals surface area contributed by atoms with Crippen molar-refractivity contribution < 1.29 is 17.7 Å². The molecule has 0 bridgehead atoms. The van der Waals surface area contributed by atoms with E-state index in [9.17, 15) is 8.42 Å². The van der Waals surface area contributed by atoms with Crippen LogP contribution >= 0.6 is 0 Å². The number of benzene rings is 1. The molecule has 1 aromatic heterocycles. The molecule has 0 unspecified atom stereocenters. The van der Waals surface area contributed by atoms with Gasteiger partial charge in [-0.1, -0.05) is 12.1 Å². The lowest BCUT2D eigenvalue weighted by Gasteiger charge is -2.32. The predicted octanol–water partition coefficient (Wildman–Crippen LogP) is 1.75. The number of nitrogens with zero attached hydrogens (tertiary/aromatic N) is 1. The zero-order valence-electron chi connectivity index (χ0n) is 13.5. The van der Waals surface area contributed by atoms with Crippen LogP contribution in [0.4, 0.5) is 0 Å². The van der Waals surface area contributed by atoms with Crippen molar-refractivity contribution >= 4 is 33.5 Å². The Bertz CT molecular complexity index is 822. The molecular weight excluding hydrogens is 301 g/mol. The average molecular weight is 321 g/mol. The molecule has 1 fully saturated rings. The number of hydrogen-bond acceptors (Lipinski definition) is 4. The molecule has 0 atom stereocenters. The van der Waals surface area contributed by atoms with Crippen molar-refractivity contribution in [1.29, 1.82) is 0 Å². The Balaban J connectivity index is 2.02. The molecule has 1 aliphatic heterocycles. The lowest BCUT2D eigenvalue weighted by atomic mass is 9.79. The number of hydrogen-bond donors (Lipinski definition) is 0. The summed E-state index contributed by atoms with van der Waals surface area (Å²) in [6.07, 6.45) is 2.75. The van der Waals surface area contributed by atoms with Gasteiger partial charge < -0.3 is 9.31 Å². The van der Waals surface area contributed by atoms with Gasteiger partial charge in [-0.3, -0.25) is 0 Å². The monoisotopic (exact) mass is 321 g/mol. The summed E-state index contributed by atoms with van der Waals surface area (Å²) in [7, 11) is -3.75. The molecule has 0 radical (unpaired) electrons. The molecule has 0 amide bonds. The quantitative estimate of drug-likeness (QED) is 0.791. The van der Waals surface area contributed by atoms with E-state index in [1.54, 1.807) is 18.3 Å². The summed E-state index contributed by atoms with van der Waals surface area (Å²) in [4.78, 5) is 0. The van der Waals surface area contributed by atoms with Crippen LogP contribution in [0, 0.1) is 0 Å². The molecule has 2 aromatic rings. The SMILES string of the molecule is CC1(C)OB(c2ccc3c(ccn3S(C)(=O)=O)c2)OC1(C)C. The van der Waals surface area contributed by atoms with Gasteiger partial charge >= 0.3 is 7.12 Å². The van der Waals surface area contributed by atoms with E-state index in [-0.39, 0.29) is 0 Å². The molecule has 0 spiro atoms. The van der Waals surface area contributed by atoms with E-state index in [0.29, 0.717) is 5.52 Å². The van der Waals surface area contributed by atoms with E-state index >= 15 is 0 Å². The fourth-order valence-electron chi connectivity index (χ4n) is 2.55. The molecular formula is C15H20BNO4S. The number of fused-ring (bicyclic) bond motifs is 1. The maximum Gasteiger partial charge on any atom is 0.494 e. The van der Waals surface area contributed by atoms with Gasteiger partial charge in [-0.05, 0) is 45.3 Å². The van der Waals surface area contributed by atoms with Crippen molar-refractivity contribution in [3.8, 4) is 0 Å². The highest BCUT2D eigenvalue weighted by molar-refractivity contribution is 7.89. The van der Waals surface area contributed by atoms with Gasteiger partial charge in [0.05, 0.1) is 23.0 Å². The highest BCUT2D eigenvalue weighted by Crippen LogP contribution is 2.36. The van der Waals surface area contributed by atoms with Crippen molar-refractivity contribution in [2.75, 3.05) is 6.26 Å². The van der Waals surface area contributed by atoms with Gasteiger partial charge in [-0.2, -0.15) is 0 Å². The predicted molar refractivity (Wildman–Crippen MR) is 87.9 cm³/mol. The maximum absolute atomic E-state index is 11.7. The van der Waals surface area contributed by atoms with Crippen molar-refractivity contribution in [2.24, 2.45) is 0 Å². The molecule has 0 saturated carbocycles. The summed E-state index contributed by atoms with van der Waals surface area (Å²) in [5.74, 6) is 0. The van der Waals surface area contributed by atoms with Crippen LogP contribution in [-0.2, 0) is 19.3 Å². The number of aromatic nitrogens is 1. The first-order valence-electron chi connectivity index (χ1n) is 7.18. The molecule has 2 heterocycles. The fraction of sp³-hybridized carbons (Fsp3) is 0.467. The minimum Gasteiger partial charge on any atom is -0.399 e.